The Labute approximate surface area is 110 Å². The van der Waals surface area contributed by atoms with Crippen molar-refractivity contribution in [2.24, 2.45) is 11.3 Å². The first-order chi connectivity index (χ1) is 8.47. The molecule has 2 heterocycles. The van der Waals surface area contributed by atoms with E-state index in [-0.39, 0.29) is 12.1 Å². The second kappa shape index (κ2) is 5.47. The third-order valence-corrected chi connectivity index (χ3v) is 4.26. The van der Waals surface area contributed by atoms with Crippen molar-refractivity contribution in [1.29, 1.82) is 0 Å². The molecule has 4 nitrogen and oxygen atoms in total. The molecule has 1 unspecified atom stereocenters. The van der Waals surface area contributed by atoms with Crippen LogP contribution >= 0.6 is 0 Å². The first kappa shape index (κ1) is 13.7. The number of carbonyl (C=O) groups is 1. The molecule has 0 aliphatic carbocycles. The normalized spacial score (nSPS) is 26.4. The van der Waals surface area contributed by atoms with E-state index in [1.54, 1.807) is 0 Å². The summed E-state index contributed by atoms with van der Waals surface area (Å²) < 4.78 is 5.27. The number of carbonyl (C=O) groups excluding carboxylic acids is 1. The third kappa shape index (κ3) is 3.37. The molecule has 2 rings (SSSR count). The zero-order valence-electron chi connectivity index (χ0n) is 11.9. The lowest BCUT2D eigenvalue weighted by atomic mass is 9.75. The molecular formula is C14H26N2O2. The van der Waals surface area contributed by atoms with Crippen LogP contribution < -0.4 is 5.32 Å². The van der Waals surface area contributed by atoms with Crippen molar-refractivity contribution in [3.05, 3.63) is 0 Å². The van der Waals surface area contributed by atoms with Crippen LogP contribution in [0.25, 0.3) is 0 Å². The summed E-state index contributed by atoms with van der Waals surface area (Å²) in [5.74, 6) is 0.733. The van der Waals surface area contributed by atoms with Crippen LogP contribution in [-0.4, -0.2) is 43.3 Å². The molecule has 0 saturated carbocycles. The molecule has 0 bridgehead atoms. The molecule has 2 aliphatic heterocycles. The molecule has 0 radical (unpaired) electrons. The number of hydrogen-bond donors (Lipinski definition) is 1. The molecule has 0 aromatic rings. The Bertz CT molecular complexity index is 285. The second-order valence-electron chi connectivity index (χ2n) is 6.64. The minimum atomic E-state index is 0.0952. The number of hydrogen-bond acceptors (Lipinski definition) is 2. The molecule has 4 heteroatoms. The van der Waals surface area contributed by atoms with Crippen molar-refractivity contribution >= 4 is 6.03 Å². The molecular weight excluding hydrogens is 228 g/mol. The van der Waals surface area contributed by atoms with E-state index in [2.05, 4.69) is 26.1 Å². The number of amides is 2. The van der Waals surface area contributed by atoms with Crippen LogP contribution in [0.1, 0.15) is 40.0 Å². The van der Waals surface area contributed by atoms with Crippen LogP contribution in [0.4, 0.5) is 4.79 Å². The molecule has 2 aliphatic rings. The average Bonchev–Trinajstić information content (AvgIpc) is 2.81. The highest BCUT2D eigenvalue weighted by molar-refractivity contribution is 5.74. The standard InChI is InChI=1S/C14H26N2O2/c1-14(2,3)11-4-7-16(8-5-11)13(17)15-12-6-9-18-10-12/h11-12H,4-10H2,1-3H3,(H,15,17). The van der Waals surface area contributed by atoms with Gasteiger partial charge in [-0.1, -0.05) is 20.8 Å². The van der Waals surface area contributed by atoms with Crippen molar-refractivity contribution in [2.45, 2.75) is 46.1 Å². The zero-order chi connectivity index (χ0) is 13.2. The summed E-state index contributed by atoms with van der Waals surface area (Å²) in [6.45, 7) is 10.1. The fourth-order valence-electron chi connectivity index (χ4n) is 2.86. The van der Waals surface area contributed by atoms with Gasteiger partial charge in [-0.05, 0) is 30.6 Å². The highest BCUT2D eigenvalue weighted by Crippen LogP contribution is 2.34. The quantitative estimate of drug-likeness (QED) is 0.779. The molecule has 2 saturated heterocycles. The van der Waals surface area contributed by atoms with Crippen LogP contribution in [0, 0.1) is 11.3 Å². The van der Waals surface area contributed by atoms with E-state index in [9.17, 15) is 4.79 Å². The van der Waals surface area contributed by atoms with Gasteiger partial charge in [0.05, 0.1) is 12.6 Å². The molecule has 0 aromatic heterocycles. The summed E-state index contributed by atoms with van der Waals surface area (Å²) in [5.41, 5.74) is 0.363. The lowest BCUT2D eigenvalue weighted by Crippen LogP contribution is -2.49. The Balaban J connectivity index is 1.76. The molecule has 0 spiro atoms. The Kier molecular flexibility index (Phi) is 4.15. The topological polar surface area (TPSA) is 41.6 Å². The molecule has 1 N–H and O–H groups in total. The summed E-state index contributed by atoms with van der Waals surface area (Å²) in [5, 5.41) is 3.06. The number of rotatable bonds is 1. The lowest BCUT2D eigenvalue weighted by molar-refractivity contribution is 0.119. The van der Waals surface area contributed by atoms with Crippen molar-refractivity contribution < 1.29 is 9.53 Å². The zero-order valence-corrected chi connectivity index (χ0v) is 11.9. The Morgan fingerprint density at radius 3 is 2.39 bits per heavy atom. The van der Waals surface area contributed by atoms with Gasteiger partial charge in [0.2, 0.25) is 0 Å². The average molecular weight is 254 g/mol. The smallest absolute Gasteiger partial charge is 0.317 e. The van der Waals surface area contributed by atoms with Crippen LogP contribution in [0.2, 0.25) is 0 Å². The molecule has 2 fully saturated rings. The number of ether oxygens (including phenoxy) is 1. The molecule has 104 valence electrons. The maximum absolute atomic E-state index is 12.1. The lowest BCUT2D eigenvalue weighted by Gasteiger charge is -2.39. The minimum Gasteiger partial charge on any atom is -0.379 e. The van der Waals surface area contributed by atoms with Gasteiger partial charge in [-0.15, -0.1) is 0 Å². The van der Waals surface area contributed by atoms with Crippen LogP contribution in [0.3, 0.4) is 0 Å². The van der Waals surface area contributed by atoms with E-state index < -0.39 is 0 Å². The van der Waals surface area contributed by atoms with Crippen molar-refractivity contribution in [3.63, 3.8) is 0 Å². The van der Waals surface area contributed by atoms with Gasteiger partial charge in [0.15, 0.2) is 0 Å². The summed E-state index contributed by atoms with van der Waals surface area (Å²) in [7, 11) is 0. The van der Waals surface area contributed by atoms with Crippen LogP contribution in [-0.2, 0) is 4.74 Å². The van der Waals surface area contributed by atoms with E-state index in [1.807, 2.05) is 4.90 Å². The largest absolute Gasteiger partial charge is 0.379 e. The van der Waals surface area contributed by atoms with Crippen molar-refractivity contribution in [1.82, 2.24) is 10.2 Å². The summed E-state index contributed by atoms with van der Waals surface area (Å²) in [6, 6.07) is 0.315. The highest BCUT2D eigenvalue weighted by atomic mass is 16.5. The fourth-order valence-corrected chi connectivity index (χ4v) is 2.86. The summed E-state index contributed by atoms with van der Waals surface area (Å²) >= 11 is 0. The number of nitrogens with one attached hydrogen (secondary N) is 1. The molecule has 18 heavy (non-hydrogen) atoms. The first-order valence-electron chi connectivity index (χ1n) is 7.10. The van der Waals surface area contributed by atoms with Gasteiger partial charge >= 0.3 is 6.03 Å². The maximum Gasteiger partial charge on any atom is 0.317 e. The van der Waals surface area contributed by atoms with Gasteiger partial charge < -0.3 is 15.0 Å². The fraction of sp³-hybridized carbons (Fsp3) is 0.929. The van der Waals surface area contributed by atoms with Gasteiger partial charge in [-0.25, -0.2) is 4.79 Å². The monoisotopic (exact) mass is 254 g/mol. The third-order valence-electron chi connectivity index (χ3n) is 4.26. The van der Waals surface area contributed by atoms with Gasteiger partial charge in [-0.2, -0.15) is 0 Å². The maximum atomic E-state index is 12.1. The van der Waals surface area contributed by atoms with Crippen molar-refractivity contribution in [3.8, 4) is 0 Å². The van der Waals surface area contributed by atoms with E-state index in [1.165, 1.54) is 0 Å². The predicted molar refractivity (Wildman–Crippen MR) is 71.5 cm³/mol. The summed E-state index contributed by atoms with van der Waals surface area (Å²) in [6.07, 6.45) is 3.19. The van der Waals surface area contributed by atoms with Gasteiger partial charge in [0.25, 0.3) is 0 Å². The van der Waals surface area contributed by atoms with Gasteiger partial charge in [-0.3, -0.25) is 0 Å². The predicted octanol–water partition coefficient (Wildman–Crippen LogP) is 2.24. The number of likely N-dealkylation sites (tertiary alicyclic amines) is 1. The van der Waals surface area contributed by atoms with Crippen LogP contribution in [0.5, 0.6) is 0 Å². The number of nitrogens with zero attached hydrogens (tertiary/aromatic N) is 1. The first-order valence-corrected chi connectivity index (χ1v) is 7.10. The van der Waals surface area contributed by atoms with E-state index >= 15 is 0 Å². The van der Waals surface area contributed by atoms with Gasteiger partial charge in [0.1, 0.15) is 0 Å². The Hall–Kier alpha value is -0.770. The van der Waals surface area contributed by atoms with E-state index in [4.69, 9.17) is 4.74 Å². The molecule has 2 amide bonds. The Morgan fingerprint density at radius 2 is 1.89 bits per heavy atom. The van der Waals surface area contributed by atoms with Crippen LogP contribution in [0.15, 0.2) is 0 Å². The Morgan fingerprint density at radius 1 is 1.22 bits per heavy atom. The summed E-state index contributed by atoms with van der Waals surface area (Å²) in [4.78, 5) is 14.0. The van der Waals surface area contributed by atoms with Gasteiger partial charge in [0, 0.05) is 19.7 Å². The number of urea groups is 1. The SMILES string of the molecule is CC(C)(C)C1CCN(C(=O)NC2CCOC2)CC1. The minimum absolute atomic E-state index is 0.0952. The van der Waals surface area contributed by atoms with E-state index in [0.29, 0.717) is 12.0 Å². The molecule has 1 atom stereocenters. The van der Waals surface area contributed by atoms with E-state index in [0.717, 1.165) is 44.9 Å². The highest BCUT2D eigenvalue weighted by Gasteiger charge is 2.31. The van der Waals surface area contributed by atoms with Crippen molar-refractivity contribution in [2.75, 3.05) is 26.3 Å². The number of piperidine rings is 1. The second-order valence-corrected chi connectivity index (χ2v) is 6.64. The molecule has 0 aromatic carbocycles.